The number of anilines is 1. The maximum atomic E-state index is 12.0. The summed E-state index contributed by atoms with van der Waals surface area (Å²) in [6, 6.07) is 3.33. The topological polar surface area (TPSA) is 108 Å². The summed E-state index contributed by atoms with van der Waals surface area (Å²) in [7, 11) is -0.371. The smallest absolute Gasteiger partial charge is 0.308 e. The van der Waals surface area contributed by atoms with E-state index in [1.54, 1.807) is 0 Å². The quantitative estimate of drug-likeness (QED) is 0.174. The molecule has 1 aromatic heterocycles. The van der Waals surface area contributed by atoms with Crippen LogP contribution in [0.2, 0.25) is 18.1 Å². The van der Waals surface area contributed by atoms with Crippen LogP contribution in [-0.4, -0.2) is 51.0 Å². The number of methoxy groups -OCH3 is 1. The van der Waals surface area contributed by atoms with Crippen molar-refractivity contribution in [3.05, 3.63) is 28.1 Å². The Labute approximate surface area is 220 Å². The van der Waals surface area contributed by atoms with Crippen LogP contribution in [-0.2, 0) is 14.0 Å². The van der Waals surface area contributed by atoms with Crippen molar-refractivity contribution in [2.24, 2.45) is 11.8 Å². The van der Waals surface area contributed by atoms with Crippen molar-refractivity contribution >= 4 is 36.8 Å². The molecular formula is C27H41N3O6Si. The summed E-state index contributed by atoms with van der Waals surface area (Å²) in [6.07, 6.45) is 4.91. The number of nitrogens with zero attached hydrogens (tertiary/aromatic N) is 3. The third-order valence-corrected chi connectivity index (χ3v) is 13.3. The van der Waals surface area contributed by atoms with Crippen LogP contribution in [0.4, 0.5) is 11.4 Å². The molecule has 0 N–H and O–H groups in total. The summed E-state index contributed by atoms with van der Waals surface area (Å²) in [5.74, 6) is 0.936. The highest BCUT2D eigenvalue weighted by atomic mass is 28.4. The summed E-state index contributed by atoms with van der Waals surface area (Å²) in [5, 5.41) is 12.2. The molecule has 2 heterocycles. The molecule has 4 rings (SSSR count). The molecule has 10 heteroatoms. The van der Waals surface area contributed by atoms with E-state index in [4.69, 9.17) is 18.6 Å². The van der Waals surface area contributed by atoms with Crippen molar-refractivity contribution in [1.29, 1.82) is 0 Å². The molecule has 9 nitrogen and oxygen atoms in total. The summed E-state index contributed by atoms with van der Waals surface area (Å²) in [5.41, 5.74) is 1.75. The van der Waals surface area contributed by atoms with Gasteiger partial charge in [-0.1, -0.05) is 20.8 Å². The number of esters is 1. The lowest BCUT2D eigenvalue weighted by molar-refractivity contribution is -0.384. The highest BCUT2D eigenvalue weighted by Gasteiger charge is 2.38. The number of hydrogen-bond acceptors (Lipinski definition) is 8. The molecule has 1 aromatic carbocycles. The fraction of sp³-hybridized carbons (Fsp3) is 0.704. The van der Waals surface area contributed by atoms with Crippen LogP contribution in [0.25, 0.3) is 11.1 Å². The van der Waals surface area contributed by atoms with Gasteiger partial charge in [-0.15, -0.1) is 0 Å². The van der Waals surface area contributed by atoms with Gasteiger partial charge in [-0.25, -0.2) is 4.98 Å². The van der Waals surface area contributed by atoms with Crippen molar-refractivity contribution < 1.29 is 23.3 Å². The van der Waals surface area contributed by atoms with Gasteiger partial charge in [-0.2, -0.15) is 0 Å². The summed E-state index contributed by atoms with van der Waals surface area (Å²) >= 11 is 0. The van der Waals surface area contributed by atoms with E-state index in [1.807, 2.05) is 6.07 Å². The highest BCUT2D eigenvalue weighted by Crippen LogP contribution is 2.41. The molecule has 2 aromatic rings. The van der Waals surface area contributed by atoms with Gasteiger partial charge in [0.25, 0.3) is 5.69 Å². The van der Waals surface area contributed by atoms with Gasteiger partial charge in [-0.05, 0) is 68.6 Å². The Morgan fingerprint density at radius 1 is 1.16 bits per heavy atom. The SMILES string of the molecule is COC(=O)C1CCC(c2nc3cc(N4CCC(CO[Si](C)(C)C(C)(C)C)CC4)c([N+](=O)[O-])cc3o2)CC1. The molecule has 204 valence electrons. The maximum absolute atomic E-state index is 12.0. The van der Waals surface area contributed by atoms with E-state index in [0.717, 1.165) is 58.2 Å². The minimum atomic E-state index is -1.79. The van der Waals surface area contributed by atoms with E-state index in [9.17, 15) is 14.9 Å². The van der Waals surface area contributed by atoms with Crippen LogP contribution in [0.5, 0.6) is 0 Å². The zero-order chi connectivity index (χ0) is 27.0. The Kier molecular flexibility index (Phi) is 7.99. The number of nitro benzene ring substituents is 1. The first kappa shape index (κ1) is 27.6. The second-order valence-electron chi connectivity index (χ2n) is 12.2. The molecule has 0 radical (unpaired) electrons. The van der Waals surface area contributed by atoms with Crippen LogP contribution in [0.1, 0.15) is 71.1 Å². The minimum Gasteiger partial charge on any atom is -0.469 e. The molecular weight excluding hydrogens is 490 g/mol. The third kappa shape index (κ3) is 6.00. The number of aromatic nitrogens is 1. The zero-order valence-electron chi connectivity index (χ0n) is 23.0. The number of oxazole rings is 1. The number of carbonyl (C=O) groups is 1. The Bertz CT molecular complexity index is 1130. The lowest BCUT2D eigenvalue weighted by Gasteiger charge is -2.39. The van der Waals surface area contributed by atoms with E-state index >= 15 is 0 Å². The standard InChI is InChI=1S/C27H41N3O6Si/c1-27(2,3)37(5,6)35-17-18-11-13-29(14-12-18)22-15-21-24(16-23(22)30(32)33)36-25(28-21)19-7-9-20(10-8-19)26(31)34-4/h15-16,18-20H,7-14,17H2,1-6H3. The first-order valence-corrected chi connectivity index (χ1v) is 16.4. The van der Waals surface area contributed by atoms with Crippen molar-refractivity contribution in [2.45, 2.75) is 83.3 Å². The van der Waals surface area contributed by atoms with Gasteiger partial charge < -0.3 is 18.5 Å². The second kappa shape index (κ2) is 10.7. The maximum Gasteiger partial charge on any atom is 0.308 e. The van der Waals surface area contributed by atoms with Crippen molar-refractivity contribution in [3.8, 4) is 0 Å². The monoisotopic (exact) mass is 531 g/mol. The molecule has 0 bridgehead atoms. The number of hydrogen-bond donors (Lipinski definition) is 0. The van der Waals surface area contributed by atoms with Crippen molar-refractivity contribution in [3.63, 3.8) is 0 Å². The van der Waals surface area contributed by atoms with Gasteiger partial charge in [0.2, 0.25) is 0 Å². The first-order valence-electron chi connectivity index (χ1n) is 13.4. The predicted molar refractivity (Wildman–Crippen MR) is 145 cm³/mol. The third-order valence-electron chi connectivity index (χ3n) is 8.75. The van der Waals surface area contributed by atoms with Crippen LogP contribution in [0.3, 0.4) is 0 Å². The van der Waals surface area contributed by atoms with Crippen LogP contribution in [0.15, 0.2) is 16.5 Å². The summed E-state index contributed by atoms with van der Waals surface area (Å²) in [6.45, 7) is 13.6. The van der Waals surface area contributed by atoms with E-state index in [-0.39, 0.29) is 33.5 Å². The number of carbonyl (C=O) groups excluding carboxylic acids is 1. The largest absolute Gasteiger partial charge is 0.469 e. The first-order chi connectivity index (χ1) is 17.4. The molecule has 2 aliphatic rings. The Hall–Kier alpha value is -2.46. The van der Waals surface area contributed by atoms with Gasteiger partial charge in [0, 0.05) is 25.6 Å². The predicted octanol–water partition coefficient (Wildman–Crippen LogP) is 6.42. The van der Waals surface area contributed by atoms with Gasteiger partial charge in [0.05, 0.1) is 24.0 Å². The Morgan fingerprint density at radius 2 is 1.81 bits per heavy atom. The molecule has 1 saturated carbocycles. The molecule has 1 saturated heterocycles. The van der Waals surface area contributed by atoms with Gasteiger partial charge in [0.1, 0.15) is 11.2 Å². The fourth-order valence-corrected chi connectivity index (χ4v) is 6.26. The molecule has 0 amide bonds. The van der Waals surface area contributed by atoms with Crippen LogP contribution >= 0.6 is 0 Å². The average Bonchev–Trinajstić information content (AvgIpc) is 3.29. The molecule has 0 unspecified atom stereocenters. The van der Waals surface area contributed by atoms with Crippen LogP contribution in [0, 0.1) is 22.0 Å². The van der Waals surface area contributed by atoms with Gasteiger partial charge in [-0.3, -0.25) is 14.9 Å². The molecule has 1 aliphatic carbocycles. The molecule has 0 atom stereocenters. The average molecular weight is 532 g/mol. The Morgan fingerprint density at radius 3 is 2.38 bits per heavy atom. The van der Waals surface area contributed by atoms with E-state index in [2.05, 4.69) is 38.8 Å². The molecule has 2 fully saturated rings. The number of ether oxygens (including phenoxy) is 1. The van der Waals surface area contributed by atoms with E-state index in [0.29, 0.717) is 28.6 Å². The lowest BCUT2D eigenvalue weighted by Crippen LogP contribution is -2.43. The van der Waals surface area contributed by atoms with Crippen LogP contribution < -0.4 is 4.90 Å². The second-order valence-corrected chi connectivity index (χ2v) is 17.0. The molecule has 37 heavy (non-hydrogen) atoms. The van der Waals surface area contributed by atoms with Crippen molar-refractivity contribution in [2.75, 3.05) is 31.7 Å². The van der Waals surface area contributed by atoms with Gasteiger partial charge in [0.15, 0.2) is 19.8 Å². The number of piperidine rings is 1. The number of fused-ring (bicyclic) bond motifs is 1. The molecule has 0 spiro atoms. The lowest BCUT2D eigenvalue weighted by atomic mass is 9.82. The zero-order valence-corrected chi connectivity index (χ0v) is 24.0. The number of rotatable bonds is 7. The number of nitro groups is 1. The Balaban J connectivity index is 1.45. The highest BCUT2D eigenvalue weighted by molar-refractivity contribution is 6.74. The normalized spacial score (nSPS) is 21.8. The van der Waals surface area contributed by atoms with Gasteiger partial charge >= 0.3 is 5.97 Å². The van der Waals surface area contributed by atoms with E-state index < -0.39 is 8.32 Å². The molecule has 1 aliphatic heterocycles. The van der Waals surface area contributed by atoms with E-state index in [1.165, 1.54) is 13.2 Å². The number of benzene rings is 1. The summed E-state index contributed by atoms with van der Waals surface area (Å²) in [4.78, 5) is 30.3. The summed E-state index contributed by atoms with van der Waals surface area (Å²) < 4.78 is 17.3. The fourth-order valence-electron chi connectivity index (χ4n) is 5.17. The van der Waals surface area contributed by atoms with Crippen molar-refractivity contribution in [1.82, 2.24) is 4.98 Å². The minimum absolute atomic E-state index is 0.0561.